The van der Waals surface area contributed by atoms with E-state index in [9.17, 15) is 4.79 Å². The zero-order valence-electron chi connectivity index (χ0n) is 15.0. The Labute approximate surface area is 153 Å². The zero-order chi connectivity index (χ0) is 17.6. The van der Waals surface area contributed by atoms with Crippen LogP contribution in [0.25, 0.3) is 0 Å². The number of benzene rings is 1. The number of rotatable bonds is 7. The molecule has 1 saturated heterocycles. The maximum Gasteiger partial charge on any atom is 0.238 e. The molecule has 25 heavy (non-hydrogen) atoms. The highest BCUT2D eigenvalue weighted by Crippen LogP contribution is 2.18. The van der Waals surface area contributed by atoms with Gasteiger partial charge in [0.15, 0.2) is 0 Å². The first-order valence-electron chi connectivity index (χ1n) is 8.83. The van der Waals surface area contributed by atoms with Crippen LogP contribution in [0.2, 0.25) is 0 Å². The molecule has 2 aromatic rings. The Bertz CT molecular complexity index is 694. The van der Waals surface area contributed by atoms with Crippen molar-refractivity contribution in [3.63, 3.8) is 0 Å². The van der Waals surface area contributed by atoms with Crippen LogP contribution in [0.3, 0.4) is 0 Å². The molecule has 0 bridgehead atoms. The number of hydrogen-bond donors (Lipinski definition) is 1. The van der Waals surface area contributed by atoms with Crippen molar-refractivity contribution >= 4 is 22.9 Å². The Kier molecular flexibility index (Phi) is 6.24. The first-order chi connectivity index (χ1) is 12.1. The second-order valence-electron chi connectivity index (χ2n) is 6.73. The van der Waals surface area contributed by atoms with E-state index < -0.39 is 0 Å². The van der Waals surface area contributed by atoms with E-state index in [1.165, 1.54) is 16.0 Å². The standard InChI is InChI=1S/C20H26N2O2S/c1-15-7-8-17(11-16(15)2)21-20(23)14-22(12-18-5-3-9-24-18)13-19-6-4-10-25-19/h4,6-8,10-11,18H,3,5,9,12-14H2,1-2H3,(H,21,23)/t18-/m0/s1. The van der Waals surface area contributed by atoms with Crippen molar-refractivity contribution in [2.45, 2.75) is 39.3 Å². The van der Waals surface area contributed by atoms with Gasteiger partial charge in [0.1, 0.15) is 0 Å². The van der Waals surface area contributed by atoms with Gasteiger partial charge in [0.2, 0.25) is 5.91 Å². The molecule has 1 N–H and O–H groups in total. The largest absolute Gasteiger partial charge is 0.377 e. The van der Waals surface area contributed by atoms with E-state index in [-0.39, 0.29) is 12.0 Å². The van der Waals surface area contributed by atoms with Crippen LogP contribution in [0.5, 0.6) is 0 Å². The number of carbonyl (C=O) groups is 1. The molecule has 4 nitrogen and oxygen atoms in total. The van der Waals surface area contributed by atoms with Crippen molar-refractivity contribution in [1.29, 1.82) is 0 Å². The number of nitrogens with zero attached hydrogens (tertiary/aromatic N) is 1. The molecule has 134 valence electrons. The topological polar surface area (TPSA) is 41.6 Å². The number of nitrogens with one attached hydrogen (secondary N) is 1. The maximum atomic E-state index is 12.5. The molecule has 2 heterocycles. The molecular weight excluding hydrogens is 332 g/mol. The summed E-state index contributed by atoms with van der Waals surface area (Å²) in [5.41, 5.74) is 3.28. The van der Waals surface area contributed by atoms with Crippen molar-refractivity contribution in [3.05, 3.63) is 51.7 Å². The van der Waals surface area contributed by atoms with E-state index in [0.717, 1.165) is 38.2 Å². The Balaban J connectivity index is 1.61. The SMILES string of the molecule is Cc1ccc(NC(=O)CN(Cc2cccs2)C[C@@H]2CCCO2)cc1C. The zero-order valence-corrected chi connectivity index (χ0v) is 15.8. The van der Waals surface area contributed by atoms with E-state index in [1.807, 2.05) is 18.2 Å². The molecule has 1 aliphatic rings. The fourth-order valence-corrected chi connectivity index (χ4v) is 3.85. The third kappa shape index (κ3) is 5.39. The van der Waals surface area contributed by atoms with Gasteiger partial charge in [-0.05, 0) is 61.4 Å². The summed E-state index contributed by atoms with van der Waals surface area (Å²) >= 11 is 1.73. The normalized spacial score (nSPS) is 17.2. The highest BCUT2D eigenvalue weighted by atomic mass is 32.1. The molecule has 1 aliphatic heterocycles. The van der Waals surface area contributed by atoms with Gasteiger partial charge >= 0.3 is 0 Å². The molecule has 0 saturated carbocycles. The molecular formula is C20H26N2O2S. The first kappa shape index (κ1) is 18.1. The second-order valence-corrected chi connectivity index (χ2v) is 7.76. The Morgan fingerprint density at radius 1 is 1.32 bits per heavy atom. The third-order valence-corrected chi connectivity index (χ3v) is 5.46. The van der Waals surface area contributed by atoms with Gasteiger partial charge in [0.25, 0.3) is 0 Å². The Hall–Kier alpha value is -1.69. The Morgan fingerprint density at radius 3 is 2.88 bits per heavy atom. The third-order valence-electron chi connectivity index (χ3n) is 4.60. The lowest BCUT2D eigenvalue weighted by Gasteiger charge is -2.24. The van der Waals surface area contributed by atoms with E-state index in [4.69, 9.17) is 4.74 Å². The lowest BCUT2D eigenvalue weighted by atomic mass is 10.1. The molecule has 0 aliphatic carbocycles. The average Bonchev–Trinajstić information content (AvgIpc) is 3.25. The fraction of sp³-hybridized carbons (Fsp3) is 0.450. The average molecular weight is 359 g/mol. The quantitative estimate of drug-likeness (QED) is 0.814. The number of carbonyl (C=O) groups excluding carboxylic acids is 1. The summed E-state index contributed by atoms with van der Waals surface area (Å²) in [4.78, 5) is 16.0. The molecule has 5 heteroatoms. The molecule has 1 fully saturated rings. The first-order valence-corrected chi connectivity index (χ1v) is 9.71. The van der Waals surface area contributed by atoms with E-state index in [1.54, 1.807) is 11.3 Å². The van der Waals surface area contributed by atoms with Gasteiger partial charge in [-0.15, -0.1) is 11.3 Å². The van der Waals surface area contributed by atoms with Crippen molar-refractivity contribution < 1.29 is 9.53 Å². The maximum absolute atomic E-state index is 12.5. The van der Waals surface area contributed by atoms with Crippen LogP contribution in [0.1, 0.15) is 28.8 Å². The van der Waals surface area contributed by atoms with Crippen LogP contribution in [-0.2, 0) is 16.1 Å². The summed E-state index contributed by atoms with van der Waals surface area (Å²) in [6.07, 6.45) is 2.45. The van der Waals surface area contributed by atoms with Gasteiger partial charge < -0.3 is 10.1 Å². The molecule has 0 spiro atoms. The summed E-state index contributed by atoms with van der Waals surface area (Å²) in [7, 11) is 0. The molecule has 1 amide bonds. The monoisotopic (exact) mass is 358 g/mol. The molecule has 3 rings (SSSR count). The number of aryl methyl sites for hydroxylation is 2. The summed E-state index contributed by atoms with van der Waals surface area (Å²) < 4.78 is 5.76. The molecule has 0 radical (unpaired) electrons. The smallest absolute Gasteiger partial charge is 0.238 e. The lowest BCUT2D eigenvalue weighted by Crippen LogP contribution is -2.37. The second kappa shape index (κ2) is 8.61. The van der Waals surface area contributed by atoms with Crippen LogP contribution >= 0.6 is 11.3 Å². The van der Waals surface area contributed by atoms with E-state index >= 15 is 0 Å². The van der Waals surface area contributed by atoms with Crippen LogP contribution in [0.15, 0.2) is 35.7 Å². The fourth-order valence-electron chi connectivity index (χ4n) is 3.11. The van der Waals surface area contributed by atoms with E-state index in [2.05, 4.69) is 41.6 Å². The minimum atomic E-state index is 0.0257. The minimum absolute atomic E-state index is 0.0257. The van der Waals surface area contributed by atoms with Crippen LogP contribution in [-0.4, -0.2) is 36.6 Å². The van der Waals surface area contributed by atoms with Crippen molar-refractivity contribution in [1.82, 2.24) is 4.90 Å². The summed E-state index contributed by atoms with van der Waals surface area (Å²) in [6, 6.07) is 10.2. The number of anilines is 1. The highest BCUT2D eigenvalue weighted by Gasteiger charge is 2.21. The van der Waals surface area contributed by atoms with Crippen molar-refractivity contribution in [2.24, 2.45) is 0 Å². The predicted octanol–water partition coefficient (Wildman–Crippen LogP) is 3.98. The molecule has 1 aromatic heterocycles. The van der Waals surface area contributed by atoms with Gasteiger partial charge in [0, 0.05) is 30.3 Å². The van der Waals surface area contributed by atoms with E-state index in [0.29, 0.717) is 6.54 Å². The predicted molar refractivity (Wildman–Crippen MR) is 103 cm³/mol. The van der Waals surface area contributed by atoms with Crippen molar-refractivity contribution in [3.8, 4) is 0 Å². The minimum Gasteiger partial charge on any atom is -0.377 e. The van der Waals surface area contributed by atoms with Gasteiger partial charge in [-0.3, -0.25) is 9.69 Å². The number of hydrogen-bond acceptors (Lipinski definition) is 4. The molecule has 1 aromatic carbocycles. The van der Waals surface area contributed by atoms with Crippen LogP contribution in [0, 0.1) is 13.8 Å². The lowest BCUT2D eigenvalue weighted by molar-refractivity contribution is -0.117. The molecule has 0 unspecified atom stereocenters. The summed E-state index contributed by atoms with van der Waals surface area (Å²) in [5.74, 6) is 0.0257. The Morgan fingerprint density at radius 2 is 2.20 bits per heavy atom. The number of amides is 1. The molecule has 1 atom stereocenters. The number of ether oxygens (including phenoxy) is 1. The number of thiophene rings is 1. The van der Waals surface area contributed by atoms with Gasteiger partial charge in [-0.2, -0.15) is 0 Å². The van der Waals surface area contributed by atoms with Crippen LogP contribution in [0.4, 0.5) is 5.69 Å². The van der Waals surface area contributed by atoms with Gasteiger partial charge in [0.05, 0.1) is 12.6 Å². The summed E-state index contributed by atoms with van der Waals surface area (Å²) in [6.45, 7) is 6.95. The van der Waals surface area contributed by atoms with Crippen molar-refractivity contribution in [2.75, 3.05) is 25.0 Å². The van der Waals surface area contributed by atoms with Crippen LogP contribution < -0.4 is 5.32 Å². The van der Waals surface area contributed by atoms with Gasteiger partial charge in [-0.25, -0.2) is 0 Å². The highest BCUT2D eigenvalue weighted by molar-refractivity contribution is 7.09. The van der Waals surface area contributed by atoms with Gasteiger partial charge in [-0.1, -0.05) is 12.1 Å². The summed E-state index contributed by atoms with van der Waals surface area (Å²) in [5, 5.41) is 5.11.